The largest absolute Gasteiger partial charge is 0.465 e. The van der Waals surface area contributed by atoms with E-state index in [9.17, 15) is 4.79 Å². The molecular formula is C27H19NO2. The molecule has 0 aliphatic carbocycles. The Kier molecular flexibility index (Phi) is 5.41. The third kappa shape index (κ3) is 3.99. The topological polar surface area (TPSA) is 30.7 Å². The molecule has 4 aromatic rings. The number of carbonyl (C=O) groups is 1. The van der Waals surface area contributed by atoms with Gasteiger partial charge in [-0.25, -0.2) is 9.64 Å². The van der Waals surface area contributed by atoms with Gasteiger partial charge in [-0.15, -0.1) is 0 Å². The van der Waals surface area contributed by atoms with Crippen LogP contribution in [0, 0.1) is 6.57 Å². The molecule has 0 fully saturated rings. The van der Waals surface area contributed by atoms with Crippen molar-refractivity contribution in [2.75, 3.05) is 7.11 Å². The highest BCUT2D eigenvalue weighted by atomic mass is 16.5. The number of benzene rings is 4. The Morgan fingerprint density at radius 3 is 1.20 bits per heavy atom. The summed E-state index contributed by atoms with van der Waals surface area (Å²) in [4.78, 5) is 15.0. The lowest BCUT2D eigenvalue weighted by Gasteiger charge is -2.07. The molecule has 0 radical (unpaired) electrons. The zero-order valence-electron chi connectivity index (χ0n) is 16.5. The number of hydrogen-bond donors (Lipinski definition) is 0. The van der Waals surface area contributed by atoms with Gasteiger partial charge in [0.25, 0.3) is 0 Å². The average Bonchev–Trinajstić information content (AvgIpc) is 2.84. The number of hydrogen-bond acceptors (Lipinski definition) is 2. The van der Waals surface area contributed by atoms with Crippen molar-refractivity contribution in [2.24, 2.45) is 0 Å². The Labute approximate surface area is 176 Å². The van der Waals surface area contributed by atoms with E-state index in [0.717, 1.165) is 33.4 Å². The highest BCUT2D eigenvalue weighted by Crippen LogP contribution is 2.28. The number of methoxy groups -OCH3 is 1. The molecule has 0 amide bonds. The van der Waals surface area contributed by atoms with Gasteiger partial charge in [0.2, 0.25) is 0 Å². The first-order valence-electron chi connectivity index (χ1n) is 9.55. The molecule has 0 aliphatic rings. The molecule has 0 aromatic heterocycles. The second-order valence-electron chi connectivity index (χ2n) is 6.88. The SMILES string of the molecule is [C-]#[N+]c1ccc(-c2ccc(-c3ccc(-c4ccc(C(=O)OC)cc4)cc3)cc2)cc1. The van der Waals surface area contributed by atoms with Crippen molar-refractivity contribution in [1.29, 1.82) is 0 Å². The monoisotopic (exact) mass is 389 g/mol. The number of esters is 1. The lowest BCUT2D eigenvalue weighted by atomic mass is 9.97. The van der Waals surface area contributed by atoms with Crippen LogP contribution in [0.3, 0.4) is 0 Å². The van der Waals surface area contributed by atoms with Crippen LogP contribution in [-0.4, -0.2) is 13.1 Å². The van der Waals surface area contributed by atoms with Crippen LogP contribution in [0.25, 0.3) is 38.2 Å². The third-order valence-electron chi connectivity index (χ3n) is 5.07. The van der Waals surface area contributed by atoms with Crippen LogP contribution in [-0.2, 0) is 4.74 Å². The van der Waals surface area contributed by atoms with E-state index in [-0.39, 0.29) is 5.97 Å². The van der Waals surface area contributed by atoms with Gasteiger partial charge in [-0.1, -0.05) is 84.9 Å². The molecule has 0 bridgehead atoms. The zero-order chi connectivity index (χ0) is 20.9. The van der Waals surface area contributed by atoms with Gasteiger partial charge in [0.05, 0.1) is 19.2 Å². The molecule has 4 rings (SSSR count). The van der Waals surface area contributed by atoms with Crippen molar-refractivity contribution in [3.63, 3.8) is 0 Å². The lowest BCUT2D eigenvalue weighted by Crippen LogP contribution is -2.00. The summed E-state index contributed by atoms with van der Waals surface area (Å²) in [6.45, 7) is 7.05. The summed E-state index contributed by atoms with van der Waals surface area (Å²) in [5.41, 5.74) is 7.83. The van der Waals surface area contributed by atoms with E-state index in [1.807, 2.05) is 36.4 Å². The number of rotatable bonds is 4. The van der Waals surface area contributed by atoms with Crippen molar-refractivity contribution < 1.29 is 9.53 Å². The molecule has 3 heteroatoms. The van der Waals surface area contributed by atoms with Crippen LogP contribution >= 0.6 is 0 Å². The van der Waals surface area contributed by atoms with Crippen molar-refractivity contribution in [2.45, 2.75) is 0 Å². The Balaban J connectivity index is 1.52. The smallest absolute Gasteiger partial charge is 0.337 e. The predicted molar refractivity (Wildman–Crippen MR) is 120 cm³/mol. The first kappa shape index (κ1) is 19.2. The number of nitrogens with zero attached hydrogens (tertiary/aromatic N) is 1. The van der Waals surface area contributed by atoms with Crippen LogP contribution in [0.4, 0.5) is 5.69 Å². The second-order valence-corrected chi connectivity index (χ2v) is 6.88. The van der Waals surface area contributed by atoms with Crippen LogP contribution in [0.2, 0.25) is 0 Å². The fraction of sp³-hybridized carbons (Fsp3) is 0.0370. The molecule has 0 saturated carbocycles. The van der Waals surface area contributed by atoms with Gasteiger partial charge in [-0.2, -0.15) is 0 Å². The van der Waals surface area contributed by atoms with Crippen molar-refractivity contribution in [1.82, 2.24) is 0 Å². The lowest BCUT2D eigenvalue weighted by molar-refractivity contribution is 0.0601. The first-order valence-corrected chi connectivity index (χ1v) is 9.55. The highest BCUT2D eigenvalue weighted by molar-refractivity contribution is 5.90. The molecule has 144 valence electrons. The average molecular weight is 389 g/mol. The Morgan fingerprint density at radius 1 is 0.600 bits per heavy atom. The molecule has 4 aromatic carbocycles. The second kappa shape index (κ2) is 8.46. The normalized spacial score (nSPS) is 10.3. The molecule has 30 heavy (non-hydrogen) atoms. The molecule has 0 atom stereocenters. The minimum Gasteiger partial charge on any atom is -0.465 e. The summed E-state index contributed by atoms with van der Waals surface area (Å²) in [6.07, 6.45) is 0. The van der Waals surface area contributed by atoms with Crippen molar-refractivity contribution in [3.05, 3.63) is 114 Å². The molecular weight excluding hydrogens is 370 g/mol. The van der Waals surface area contributed by atoms with Crippen LogP contribution < -0.4 is 0 Å². The van der Waals surface area contributed by atoms with Gasteiger partial charge in [-0.3, -0.25) is 0 Å². The molecule has 0 heterocycles. The molecule has 0 saturated heterocycles. The van der Waals surface area contributed by atoms with Gasteiger partial charge >= 0.3 is 5.97 Å². The van der Waals surface area contributed by atoms with E-state index < -0.39 is 0 Å². The molecule has 0 unspecified atom stereocenters. The predicted octanol–water partition coefficient (Wildman–Crippen LogP) is 7.02. The van der Waals surface area contributed by atoms with E-state index in [4.69, 9.17) is 11.3 Å². The summed E-state index contributed by atoms with van der Waals surface area (Å²) in [5, 5.41) is 0. The van der Waals surface area contributed by atoms with Gasteiger partial charge in [0.1, 0.15) is 0 Å². The van der Waals surface area contributed by atoms with Crippen LogP contribution in [0.5, 0.6) is 0 Å². The molecule has 0 aliphatic heterocycles. The maximum Gasteiger partial charge on any atom is 0.337 e. The van der Waals surface area contributed by atoms with E-state index in [2.05, 4.69) is 53.4 Å². The summed E-state index contributed by atoms with van der Waals surface area (Å²) in [6, 6.07) is 31.8. The van der Waals surface area contributed by atoms with Gasteiger partial charge in [0, 0.05) is 0 Å². The van der Waals surface area contributed by atoms with Crippen molar-refractivity contribution in [3.8, 4) is 33.4 Å². The van der Waals surface area contributed by atoms with Gasteiger partial charge in [-0.05, 0) is 45.5 Å². The van der Waals surface area contributed by atoms with Crippen LogP contribution in [0.15, 0.2) is 97.1 Å². The maximum atomic E-state index is 11.6. The Morgan fingerprint density at radius 2 is 0.900 bits per heavy atom. The van der Waals surface area contributed by atoms with Crippen molar-refractivity contribution >= 4 is 11.7 Å². The van der Waals surface area contributed by atoms with E-state index in [1.54, 1.807) is 12.1 Å². The Hall–Kier alpha value is -4.16. The number of ether oxygens (including phenoxy) is 1. The first-order chi connectivity index (χ1) is 14.7. The van der Waals surface area contributed by atoms with E-state index >= 15 is 0 Å². The fourth-order valence-corrected chi connectivity index (χ4v) is 3.36. The third-order valence-corrected chi connectivity index (χ3v) is 5.07. The van der Waals surface area contributed by atoms with Gasteiger partial charge < -0.3 is 4.74 Å². The summed E-state index contributed by atoms with van der Waals surface area (Å²) < 4.78 is 4.74. The standard InChI is InChI=1S/C27H19NO2/c1-28-26-17-15-24(16-18-26)22-9-7-20(8-10-22)19-3-5-21(6-4-19)23-11-13-25(14-12-23)27(29)30-2/h3-18H,2H3. The molecule has 3 nitrogen and oxygen atoms in total. The Bertz CT molecular complexity index is 1200. The molecule has 0 spiro atoms. The zero-order valence-corrected chi connectivity index (χ0v) is 16.5. The van der Waals surface area contributed by atoms with Gasteiger partial charge in [0.15, 0.2) is 5.69 Å². The van der Waals surface area contributed by atoms with Crippen LogP contribution in [0.1, 0.15) is 10.4 Å². The fourth-order valence-electron chi connectivity index (χ4n) is 3.36. The van der Waals surface area contributed by atoms with E-state index in [1.165, 1.54) is 7.11 Å². The summed E-state index contributed by atoms with van der Waals surface area (Å²) in [5.74, 6) is -0.331. The quantitative estimate of drug-likeness (QED) is 0.277. The minimum atomic E-state index is -0.331. The highest BCUT2D eigenvalue weighted by Gasteiger charge is 2.06. The molecule has 0 N–H and O–H groups in total. The summed E-state index contributed by atoms with van der Waals surface area (Å²) >= 11 is 0. The number of carbonyl (C=O) groups excluding carboxylic acids is 1. The maximum absolute atomic E-state index is 11.6. The minimum absolute atomic E-state index is 0.331. The van der Waals surface area contributed by atoms with E-state index in [0.29, 0.717) is 11.3 Å². The summed E-state index contributed by atoms with van der Waals surface area (Å²) in [7, 11) is 1.38.